The van der Waals surface area contributed by atoms with Gasteiger partial charge in [-0.15, -0.1) is 23.7 Å². The molecule has 0 fully saturated rings. The Hall–Kier alpha value is -1.46. The number of benzene rings is 2. The molecule has 0 saturated heterocycles. The minimum atomic E-state index is 0. The van der Waals surface area contributed by atoms with Crippen molar-refractivity contribution in [1.82, 2.24) is 4.98 Å². The van der Waals surface area contributed by atoms with Crippen LogP contribution in [0, 0.1) is 0 Å². The number of nitrogens with one attached hydrogen (secondary N) is 1. The predicted molar refractivity (Wildman–Crippen MR) is 101 cm³/mol. The summed E-state index contributed by atoms with van der Waals surface area (Å²) < 4.78 is 5.16. The molecule has 3 aromatic rings. The second kappa shape index (κ2) is 7.88. The molecule has 0 unspecified atom stereocenters. The van der Waals surface area contributed by atoms with E-state index in [1.54, 1.807) is 19.2 Å². The Bertz CT molecular complexity index is 790. The van der Waals surface area contributed by atoms with E-state index in [9.17, 15) is 0 Å². The number of thiazole rings is 1. The number of rotatable bonds is 4. The Morgan fingerprint density at radius 3 is 2.43 bits per heavy atom. The minimum absolute atomic E-state index is 0. The Morgan fingerprint density at radius 1 is 1.04 bits per heavy atom. The summed E-state index contributed by atoms with van der Waals surface area (Å²) in [5.41, 5.74) is 2.81. The Balaban J connectivity index is 0.00000192. The number of anilines is 2. The molecule has 0 spiro atoms. The SMILES string of the molecule is COc1ccc(-c2csc(Nc3ccc(Cl)c(Cl)c3)n2)cc1.Cl. The second-order valence-electron chi connectivity index (χ2n) is 4.52. The van der Waals surface area contributed by atoms with Crippen LogP contribution < -0.4 is 10.1 Å². The molecule has 0 atom stereocenters. The topological polar surface area (TPSA) is 34.1 Å². The summed E-state index contributed by atoms with van der Waals surface area (Å²) >= 11 is 13.4. The Kier molecular flexibility index (Phi) is 6.13. The molecule has 2 aromatic carbocycles. The highest BCUT2D eigenvalue weighted by Crippen LogP contribution is 2.30. The maximum Gasteiger partial charge on any atom is 0.187 e. The number of hydrogen-bond donors (Lipinski definition) is 1. The summed E-state index contributed by atoms with van der Waals surface area (Å²) in [6.45, 7) is 0. The molecule has 3 rings (SSSR count). The third-order valence-corrected chi connectivity index (χ3v) is 4.56. The third kappa shape index (κ3) is 4.30. The van der Waals surface area contributed by atoms with Gasteiger partial charge < -0.3 is 10.1 Å². The van der Waals surface area contributed by atoms with Crippen LogP contribution in [0.25, 0.3) is 11.3 Å². The van der Waals surface area contributed by atoms with Crippen molar-refractivity contribution in [2.45, 2.75) is 0 Å². The van der Waals surface area contributed by atoms with E-state index in [-0.39, 0.29) is 12.4 Å². The van der Waals surface area contributed by atoms with Crippen molar-refractivity contribution in [2.75, 3.05) is 12.4 Å². The zero-order chi connectivity index (χ0) is 15.5. The van der Waals surface area contributed by atoms with Gasteiger partial charge in [-0.25, -0.2) is 4.98 Å². The van der Waals surface area contributed by atoms with Crippen LogP contribution in [0.4, 0.5) is 10.8 Å². The van der Waals surface area contributed by atoms with E-state index in [4.69, 9.17) is 27.9 Å². The molecule has 1 heterocycles. The van der Waals surface area contributed by atoms with Gasteiger partial charge in [0.05, 0.1) is 22.8 Å². The molecule has 120 valence electrons. The fourth-order valence-corrected chi connectivity index (χ4v) is 2.96. The largest absolute Gasteiger partial charge is 0.497 e. The van der Waals surface area contributed by atoms with E-state index in [2.05, 4.69) is 10.3 Å². The van der Waals surface area contributed by atoms with E-state index < -0.39 is 0 Å². The van der Waals surface area contributed by atoms with Gasteiger partial charge in [-0.2, -0.15) is 0 Å². The molecule has 0 aliphatic heterocycles. The first-order valence-electron chi connectivity index (χ1n) is 6.48. The molecule has 1 aromatic heterocycles. The molecule has 0 amide bonds. The minimum Gasteiger partial charge on any atom is -0.497 e. The lowest BCUT2D eigenvalue weighted by molar-refractivity contribution is 0.415. The van der Waals surface area contributed by atoms with E-state index >= 15 is 0 Å². The van der Waals surface area contributed by atoms with Gasteiger partial charge in [0.2, 0.25) is 0 Å². The van der Waals surface area contributed by atoms with Crippen LogP contribution in [0.15, 0.2) is 47.8 Å². The van der Waals surface area contributed by atoms with E-state index in [0.29, 0.717) is 10.0 Å². The van der Waals surface area contributed by atoms with Crippen molar-refractivity contribution >= 4 is 57.8 Å². The van der Waals surface area contributed by atoms with Crippen LogP contribution in [0.2, 0.25) is 10.0 Å². The zero-order valence-electron chi connectivity index (χ0n) is 12.0. The first kappa shape index (κ1) is 17.9. The first-order valence-corrected chi connectivity index (χ1v) is 8.11. The quantitative estimate of drug-likeness (QED) is 0.571. The van der Waals surface area contributed by atoms with Gasteiger partial charge in [-0.1, -0.05) is 23.2 Å². The monoisotopic (exact) mass is 386 g/mol. The Labute approximate surface area is 154 Å². The number of ether oxygens (including phenoxy) is 1. The summed E-state index contributed by atoms with van der Waals surface area (Å²) in [7, 11) is 1.65. The lowest BCUT2D eigenvalue weighted by Gasteiger charge is -2.04. The molecule has 3 nitrogen and oxygen atoms in total. The predicted octanol–water partition coefficient (Wildman–Crippen LogP) is 6.29. The fourth-order valence-electron chi connectivity index (χ4n) is 1.92. The lowest BCUT2D eigenvalue weighted by atomic mass is 10.2. The van der Waals surface area contributed by atoms with Crippen molar-refractivity contribution < 1.29 is 4.74 Å². The summed E-state index contributed by atoms with van der Waals surface area (Å²) in [5, 5.41) is 7.07. The molecule has 1 N–H and O–H groups in total. The Morgan fingerprint density at radius 2 is 1.78 bits per heavy atom. The van der Waals surface area contributed by atoms with Gasteiger partial charge >= 0.3 is 0 Å². The lowest BCUT2D eigenvalue weighted by Crippen LogP contribution is -1.89. The van der Waals surface area contributed by atoms with Gasteiger partial charge in [0.15, 0.2) is 5.13 Å². The van der Waals surface area contributed by atoms with E-state index in [1.807, 2.05) is 35.7 Å². The van der Waals surface area contributed by atoms with E-state index in [0.717, 1.165) is 27.8 Å². The zero-order valence-corrected chi connectivity index (χ0v) is 15.2. The smallest absolute Gasteiger partial charge is 0.187 e. The molecule has 0 saturated carbocycles. The van der Waals surface area contributed by atoms with Crippen molar-refractivity contribution in [3.8, 4) is 17.0 Å². The number of halogens is 3. The third-order valence-electron chi connectivity index (χ3n) is 3.06. The number of hydrogen-bond acceptors (Lipinski definition) is 4. The maximum absolute atomic E-state index is 6.01. The van der Waals surface area contributed by atoms with Gasteiger partial charge in [-0.3, -0.25) is 0 Å². The molecule has 23 heavy (non-hydrogen) atoms. The molecular weight excluding hydrogens is 375 g/mol. The van der Waals surface area contributed by atoms with Crippen molar-refractivity contribution in [3.05, 3.63) is 57.9 Å². The average Bonchev–Trinajstić information content (AvgIpc) is 2.99. The van der Waals surface area contributed by atoms with Gasteiger partial charge in [0.25, 0.3) is 0 Å². The molecule has 7 heteroatoms. The van der Waals surface area contributed by atoms with Gasteiger partial charge in [0.1, 0.15) is 5.75 Å². The van der Waals surface area contributed by atoms with Crippen LogP contribution in [-0.2, 0) is 0 Å². The summed E-state index contributed by atoms with van der Waals surface area (Å²) in [6.07, 6.45) is 0. The fraction of sp³-hybridized carbons (Fsp3) is 0.0625. The average molecular weight is 388 g/mol. The number of aromatic nitrogens is 1. The van der Waals surface area contributed by atoms with Crippen molar-refractivity contribution in [1.29, 1.82) is 0 Å². The first-order chi connectivity index (χ1) is 10.7. The van der Waals surface area contributed by atoms with Gasteiger partial charge in [0, 0.05) is 16.6 Å². The summed E-state index contributed by atoms with van der Waals surface area (Å²) in [4.78, 5) is 4.57. The van der Waals surface area contributed by atoms with E-state index in [1.165, 1.54) is 11.3 Å². The highest BCUT2D eigenvalue weighted by atomic mass is 35.5. The summed E-state index contributed by atoms with van der Waals surface area (Å²) in [5.74, 6) is 0.827. The molecule has 0 radical (unpaired) electrons. The summed E-state index contributed by atoms with van der Waals surface area (Å²) in [6, 6.07) is 13.2. The number of methoxy groups -OCH3 is 1. The molecule has 0 aliphatic rings. The van der Waals surface area contributed by atoms with Crippen LogP contribution in [0.1, 0.15) is 0 Å². The van der Waals surface area contributed by atoms with Crippen LogP contribution in [-0.4, -0.2) is 12.1 Å². The van der Waals surface area contributed by atoms with Gasteiger partial charge in [-0.05, 0) is 42.5 Å². The number of nitrogens with zero attached hydrogens (tertiary/aromatic N) is 1. The second-order valence-corrected chi connectivity index (χ2v) is 6.19. The van der Waals surface area contributed by atoms with Crippen LogP contribution in [0.5, 0.6) is 5.75 Å². The maximum atomic E-state index is 6.01. The normalized spacial score (nSPS) is 10.0. The standard InChI is InChI=1S/C16H12Cl2N2OS.ClH/c1-21-12-5-2-10(3-6-12)15-9-22-16(20-15)19-11-4-7-13(17)14(18)8-11;/h2-9H,1H3,(H,19,20);1H. The van der Waals surface area contributed by atoms with Crippen molar-refractivity contribution in [3.63, 3.8) is 0 Å². The van der Waals surface area contributed by atoms with Crippen LogP contribution >= 0.6 is 46.9 Å². The molecule has 0 aliphatic carbocycles. The van der Waals surface area contributed by atoms with Crippen molar-refractivity contribution in [2.24, 2.45) is 0 Å². The highest BCUT2D eigenvalue weighted by Gasteiger charge is 2.06. The molecular formula is C16H13Cl3N2OS. The highest BCUT2D eigenvalue weighted by molar-refractivity contribution is 7.14. The van der Waals surface area contributed by atoms with Crippen LogP contribution in [0.3, 0.4) is 0 Å². The molecule has 0 bridgehead atoms.